The number of nitrogens with zero attached hydrogens (tertiary/aromatic N) is 1. The van der Waals surface area contributed by atoms with Crippen molar-refractivity contribution in [1.29, 1.82) is 0 Å². The Balaban J connectivity index is 1.49. The fraction of sp³-hybridized carbons (Fsp3) is 0.375. The van der Waals surface area contributed by atoms with Gasteiger partial charge in [-0.25, -0.2) is 5.43 Å². The van der Waals surface area contributed by atoms with Gasteiger partial charge in [0.25, 0.3) is 5.91 Å². The van der Waals surface area contributed by atoms with Crippen molar-refractivity contribution in [2.75, 3.05) is 13.7 Å². The minimum Gasteiger partial charge on any atom is -0.493 e. The summed E-state index contributed by atoms with van der Waals surface area (Å²) in [6.07, 6.45) is 2.62. The number of amides is 1. The molecule has 1 amide bonds. The van der Waals surface area contributed by atoms with Gasteiger partial charge in [0, 0.05) is 0 Å². The van der Waals surface area contributed by atoms with Gasteiger partial charge in [-0.3, -0.25) is 4.79 Å². The second kappa shape index (κ2) is 12.6. The SMILES string of the molecule is COc1cc(/C=N/NC(=O)COc2ccc(C(C)(C)CC(C)(C)C)cc2)ccc1OCc1ccccc1C. The maximum Gasteiger partial charge on any atom is 0.277 e. The highest BCUT2D eigenvalue weighted by atomic mass is 16.5. The molecule has 0 aromatic heterocycles. The van der Waals surface area contributed by atoms with Crippen molar-refractivity contribution in [3.8, 4) is 17.2 Å². The average Bonchev–Trinajstić information content (AvgIpc) is 2.86. The van der Waals surface area contributed by atoms with E-state index in [1.807, 2.05) is 48.5 Å². The average molecular weight is 517 g/mol. The predicted octanol–water partition coefficient (Wildman–Crippen LogP) is 6.83. The molecule has 0 saturated carbocycles. The summed E-state index contributed by atoms with van der Waals surface area (Å²) in [5.41, 5.74) is 7.09. The number of rotatable bonds is 11. The molecule has 202 valence electrons. The summed E-state index contributed by atoms with van der Waals surface area (Å²) in [5.74, 6) is 1.53. The first-order valence-corrected chi connectivity index (χ1v) is 12.9. The summed E-state index contributed by atoms with van der Waals surface area (Å²) in [6.45, 7) is 13.6. The van der Waals surface area contributed by atoms with E-state index in [-0.39, 0.29) is 23.3 Å². The lowest BCUT2D eigenvalue weighted by Crippen LogP contribution is -2.25. The molecule has 0 aliphatic heterocycles. The molecule has 6 heteroatoms. The van der Waals surface area contributed by atoms with Gasteiger partial charge in [-0.05, 0) is 76.8 Å². The summed E-state index contributed by atoms with van der Waals surface area (Å²) in [6, 6.07) is 21.5. The van der Waals surface area contributed by atoms with Crippen LogP contribution in [0, 0.1) is 12.3 Å². The highest BCUT2D eigenvalue weighted by Crippen LogP contribution is 2.36. The first kappa shape index (κ1) is 28.8. The number of hydrogen-bond acceptors (Lipinski definition) is 5. The minimum atomic E-state index is -0.344. The molecule has 0 heterocycles. The zero-order chi connectivity index (χ0) is 27.8. The molecule has 0 bridgehead atoms. The van der Waals surface area contributed by atoms with Crippen LogP contribution in [0.15, 0.2) is 71.8 Å². The topological polar surface area (TPSA) is 69.2 Å². The third-order valence-electron chi connectivity index (χ3n) is 6.21. The van der Waals surface area contributed by atoms with Crippen LogP contribution in [0.25, 0.3) is 0 Å². The first-order chi connectivity index (χ1) is 18.0. The van der Waals surface area contributed by atoms with Crippen molar-refractivity contribution in [3.05, 3.63) is 89.0 Å². The van der Waals surface area contributed by atoms with Gasteiger partial charge in [0.2, 0.25) is 0 Å². The molecule has 0 atom stereocenters. The maximum absolute atomic E-state index is 12.2. The number of benzene rings is 3. The third-order valence-corrected chi connectivity index (χ3v) is 6.21. The normalized spacial score (nSPS) is 11.9. The van der Waals surface area contributed by atoms with Gasteiger partial charge in [0.15, 0.2) is 18.1 Å². The third kappa shape index (κ3) is 8.65. The first-order valence-electron chi connectivity index (χ1n) is 12.9. The number of methoxy groups -OCH3 is 1. The quantitative estimate of drug-likeness (QED) is 0.224. The van der Waals surface area contributed by atoms with Gasteiger partial charge in [-0.1, -0.05) is 71.0 Å². The summed E-state index contributed by atoms with van der Waals surface area (Å²) in [5, 5.41) is 4.04. The molecule has 0 aliphatic rings. The molecule has 3 rings (SSSR count). The van der Waals surface area contributed by atoms with E-state index >= 15 is 0 Å². The van der Waals surface area contributed by atoms with E-state index in [2.05, 4.69) is 70.3 Å². The van der Waals surface area contributed by atoms with Crippen molar-refractivity contribution in [2.45, 2.75) is 60.0 Å². The summed E-state index contributed by atoms with van der Waals surface area (Å²) < 4.78 is 17.1. The Morgan fingerprint density at radius 2 is 1.63 bits per heavy atom. The van der Waals surface area contributed by atoms with Crippen LogP contribution in [0.5, 0.6) is 17.2 Å². The summed E-state index contributed by atoms with van der Waals surface area (Å²) in [4.78, 5) is 12.2. The zero-order valence-corrected chi connectivity index (χ0v) is 23.6. The van der Waals surface area contributed by atoms with E-state index in [9.17, 15) is 4.79 Å². The minimum absolute atomic E-state index is 0.0524. The van der Waals surface area contributed by atoms with Crippen LogP contribution < -0.4 is 19.6 Å². The van der Waals surface area contributed by atoms with Gasteiger partial charge in [0.05, 0.1) is 13.3 Å². The molecule has 3 aromatic carbocycles. The molecule has 0 unspecified atom stereocenters. The second-order valence-electron chi connectivity index (χ2n) is 11.4. The largest absolute Gasteiger partial charge is 0.493 e. The molecule has 38 heavy (non-hydrogen) atoms. The van der Waals surface area contributed by atoms with Crippen molar-refractivity contribution in [2.24, 2.45) is 10.5 Å². The van der Waals surface area contributed by atoms with Crippen LogP contribution in [0.4, 0.5) is 0 Å². The molecule has 0 fully saturated rings. The fourth-order valence-corrected chi connectivity index (χ4v) is 4.60. The standard InChI is InChI=1S/C32H40N2O4/c1-23-10-8-9-11-25(23)20-38-28-17-12-24(18-29(28)36-7)19-33-34-30(35)21-37-27-15-13-26(14-16-27)32(5,6)22-31(2,3)4/h8-19H,20-22H2,1-7H3,(H,34,35)/b33-19+. The molecule has 3 aromatic rings. The van der Waals surface area contributed by atoms with Crippen LogP contribution in [0.2, 0.25) is 0 Å². The highest BCUT2D eigenvalue weighted by molar-refractivity contribution is 5.83. The van der Waals surface area contributed by atoms with Gasteiger partial charge in [0.1, 0.15) is 12.4 Å². The number of aryl methyl sites for hydroxylation is 1. The number of carbonyl (C=O) groups is 1. The smallest absolute Gasteiger partial charge is 0.277 e. The Bertz CT molecular complexity index is 1240. The van der Waals surface area contributed by atoms with E-state index in [0.717, 1.165) is 17.5 Å². The lowest BCUT2D eigenvalue weighted by atomic mass is 9.72. The van der Waals surface area contributed by atoms with Crippen molar-refractivity contribution >= 4 is 12.1 Å². The molecule has 1 N–H and O–H groups in total. The van der Waals surface area contributed by atoms with E-state index < -0.39 is 0 Å². The lowest BCUT2D eigenvalue weighted by Gasteiger charge is -2.33. The van der Waals surface area contributed by atoms with Crippen LogP contribution >= 0.6 is 0 Å². The zero-order valence-electron chi connectivity index (χ0n) is 23.6. The van der Waals surface area contributed by atoms with Gasteiger partial charge >= 0.3 is 0 Å². The van der Waals surface area contributed by atoms with E-state index in [0.29, 0.717) is 23.9 Å². The molecule has 0 saturated heterocycles. The van der Waals surface area contributed by atoms with Gasteiger partial charge in [-0.2, -0.15) is 5.10 Å². The van der Waals surface area contributed by atoms with Gasteiger partial charge in [-0.15, -0.1) is 0 Å². The number of nitrogens with one attached hydrogen (secondary N) is 1. The Hall–Kier alpha value is -3.80. The maximum atomic E-state index is 12.2. The predicted molar refractivity (Wildman–Crippen MR) is 153 cm³/mol. The highest BCUT2D eigenvalue weighted by Gasteiger charge is 2.27. The second-order valence-corrected chi connectivity index (χ2v) is 11.4. The Kier molecular flexibility index (Phi) is 9.56. The summed E-state index contributed by atoms with van der Waals surface area (Å²) >= 11 is 0. The molecule has 0 aliphatic carbocycles. The number of ether oxygens (including phenoxy) is 3. The molecular weight excluding hydrogens is 476 g/mol. The number of hydrazone groups is 1. The monoisotopic (exact) mass is 516 g/mol. The van der Waals surface area contributed by atoms with E-state index in [1.54, 1.807) is 13.3 Å². The molecular formula is C32H40N2O4. The number of carbonyl (C=O) groups excluding carboxylic acids is 1. The van der Waals surface area contributed by atoms with Crippen LogP contribution in [-0.2, 0) is 16.8 Å². The fourth-order valence-electron chi connectivity index (χ4n) is 4.60. The van der Waals surface area contributed by atoms with Crippen LogP contribution in [-0.4, -0.2) is 25.8 Å². The van der Waals surface area contributed by atoms with Crippen LogP contribution in [0.1, 0.15) is 63.3 Å². The van der Waals surface area contributed by atoms with Crippen LogP contribution in [0.3, 0.4) is 0 Å². The van der Waals surface area contributed by atoms with E-state index in [1.165, 1.54) is 11.1 Å². The molecule has 0 spiro atoms. The Morgan fingerprint density at radius 3 is 2.29 bits per heavy atom. The van der Waals surface area contributed by atoms with E-state index in [4.69, 9.17) is 14.2 Å². The van der Waals surface area contributed by atoms with Crippen molar-refractivity contribution < 1.29 is 19.0 Å². The van der Waals surface area contributed by atoms with Crippen molar-refractivity contribution in [3.63, 3.8) is 0 Å². The lowest BCUT2D eigenvalue weighted by molar-refractivity contribution is -0.123. The Morgan fingerprint density at radius 1 is 0.921 bits per heavy atom. The molecule has 6 nitrogen and oxygen atoms in total. The molecule has 0 radical (unpaired) electrons. The number of hydrogen-bond donors (Lipinski definition) is 1. The van der Waals surface area contributed by atoms with Gasteiger partial charge < -0.3 is 14.2 Å². The Labute approximate surface area is 227 Å². The summed E-state index contributed by atoms with van der Waals surface area (Å²) in [7, 11) is 1.59. The van der Waals surface area contributed by atoms with Crippen molar-refractivity contribution in [1.82, 2.24) is 5.43 Å².